The van der Waals surface area contributed by atoms with Crippen LogP contribution >= 0.6 is 0 Å². The maximum Gasteiger partial charge on any atom is 0.341 e. The van der Waals surface area contributed by atoms with E-state index in [2.05, 4.69) is 5.32 Å². The van der Waals surface area contributed by atoms with Crippen molar-refractivity contribution in [1.29, 1.82) is 0 Å². The fourth-order valence-electron chi connectivity index (χ4n) is 2.50. The fourth-order valence-corrected chi connectivity index (χ4v) is 2.50. The second-order valence-electron chi connectivity index (χ2n) is 5.69. The average molecular weight is 355 g/mol. The van der Waals surface area contributed by atoms with Gasteiger partial charge in [-0.1, -0.05) is 36.4 Å². The molecule has 3 aromatic rings. The number of fused-ring (bicyclic) bond motifs is 1. The lowest BCUT2D eigenvalue weighted by atomic mass is 10.1. The Bertz CT molecular complexity index is 982. The van der Waals surface area contributed by atoms with Gasteiger partial charge in [0.1, 0.15) is 11.6 Å². The van der Waals surface area contributed by atoms with Crippen LogP contribution in [0.2, 0.25) is 0 Å². The molecule has 0 spiro atoms. The lowest BCUT2D eigenvalue weighted by Crippen LogP contribution is -2.30. The van der Waals surface area contributed by atoms with Gasteiger partial charge in [-0.2, -0.15) is 0 Å². The minimum Gasteiger partial charge on any atom is -0.449 e. The molecule has 0 aliphatic heterocycles. The van der Waals surface area contributed by atoms with Crippen LogP contribution in [0, 0.1) is 11.6 Å². The summed E-state index contributed by atoms with van der Waals surface area (Å²) < 4.78 is 31.5. The second-order valence-corrected chi connectivity index (χ2v) is 5.69. The van der Waals surface area contributed by atoms with Gasteiger partial charge in [-0.3, -0.25) is 4.79 Å². The molecule has 0 fully saturated rings. The Morgan fingerprint density at radius 3 is 2.50 bits per heavy atom. The first-order chi connectivity index (χ1) is 12.5. The molecule has 1 N–H and O–H groups in total. The molecule has 0 heterocycles. The van der Waals surface area contributed by atoms with Crippen molar-refractivity contribution < 1.29 is 23.1 Å². The minimum atomic E-state index is -1.16. The van der Waals surface area contributed by atoms with Gasteiger partial charge in [0, 0.05) is 17.1 Å². The predicted octanol–water partition coefficient (Wildman–Crippen LogP) is 4.30. The van der Waals surface area contributed by atoms with Crippen molar-refractivity contribution >= 4 is 28.3 Å². The number of amides is 1. The highest BCUT2D eigenvalue weighted by molar-refractivity contribution is 6.04. The van der Waals surface area contributed by atoms with E-state index >= 15 is 0 Å². The van der Waals surface area contributed by atoms with Crippen molar-refractivity contribution in [3.05, 3.63) is 77.9 Å². The third-order valence-electron chi connectivity index (χ3n) is 3.85. The van der Waals surface area contributed by atoms with E-state index in [1.807, 2.05) is 30.3 Å². The Morgan fingerprint density at radius 1 is 1.00 bits per heavy atom. The molecule has 0 saturated heterocycles. The number of hydrogen-bond donors (Lipinski definition) is 1. The monoisotopic (exact) mass is 355 g/mol. The van der Waals surface area contributed by atoms with Crippen LogP contribution in [-0.4, -0.2) is 18.0 Å². The molecular formula is C20H15F2NO3. The first-order valence-electron chi connectivity index (χ1n) is 7.90. The first-order valence-corrected chi connectivity index (χ1v) is 7.90. The molecule has 3 rings (SSSR count). The largest absolute Gasteiger partial charge is 0.449 e. The number of benzene rings is 3. The van der Waals surface area contributed by atoms with Crippen molar-refractivity contribution in [2.45, 2.75) is 13.0 Å². The zero-order chi connectivity index (χ0) is 18.7. The van der Waals surface area contributed by atoms with Crippen molar-refractivity contribution in [3.8, 4) is 0 Å². The van der Waals surface area contributed by atoms with E-state index in [4.69, 9.17) is 4.74 Å². The topological polar surface area (TPSA) is 55.4 Å². The number of halogens is 2. The van der Waals surface area contributed by atoms with Crippen molar-refractivity contribution in [2.24, 2.45) is 0 Å². The molecule has 1 atom stereocenters. The summed E-state index contributed by atoms with van der Waals surface area (Å²) in [5.41, 5.74) is 0.139. The lowest BCUT2D eigenvalue weighted by molar-refractivity contribution is -0.123. The van der Waals surface area contributed by atoms with Gasteiger partial charge in [-0.05, 0) is 30.5 Å². The van der Waals surface area contributed by atoms with Gasteiger partial charge >= 0.3 is 5.97 Å². The van der Waals surface area contributed by atoms with E-state index in [1.165, 1.54) is 6.92 Å². The van der Waals surface area contributed by atoms with Gasteiger partial charge in [0.05, 0.1) is 5.56 Å². The third-order valence-corrected chi connectivity index (χ3v) is 3.85. The maximum atomic E-state index is 13.6. The van der Waals surface area contributed by atoms with E-state index < -0.39 is 35.2 Å². The minimum absolute atomic E-state index is 0.434. The number of ether oxygens (including phenoxy) is 1. The number of nitrogens with one attached hydrogen (secondary N) is 1. The summed E-state index contributed by atoms with van der Waals surface area (Å²) in [6, 6.07) is 15.4. The molecule has 0 radical (unpaired) electrons. The zero-order valence-corrected chi connectivity index (χ0v) is 13.8. The average Bonchev–Trinajstić information content (AvgIpc) is 2.61. The molecule has 0 bridgehead atoms. The molecular weight excluding hydrogens is 340 g/mol. The maximum absolute atomic E-state index is 13.6. The molecule has 3 aromatic carbocycles. The normalized spacial score (nSPS) is 11.8. The summed E-state index contributed by atoms with van der Waals surface area (Å²) in [5.74, 6) is -3.45. The van der Waals surface area contributed by atoms with E-state index in [9.17, 15) is 18.4 Å². The van der Waals surface area contributed by atoms with Crippen molar-refractivity contribution in [1.82, 2.24) is 0 Å². The van der Waals surface area contributed by atoms with Crippen molar-refractivity contribution in [2.75, 3.05) is 5.32 Å². The SMILES string of the molecule is CC(OC(=O)c1ccc(F)cc1F)C(=O)Nc1cccc2ccccc12. The number of carbonyl (C=O) groups excluding carboxylic acids is 2. The fraction of sp³-hybridized carbons (Fsp3) is 0.100. The molecule has 26 heavy (non-hydrogen) atoms. The Balaban J connectivity index is 1.72. The third kappa shape index (κ3) is 3.69. The Labute approximate surface area is 148 Å². The van der Waals surface area contributed by atoms with Crippen LogP contribution in [0.15, 0.2) is 60.7 Å². The van der Waals surface area contributed by atoms with Crippen LogP contribution in [0.1, 0.15) is 17.3 Å². The summed E-state index contributed by atoms with van der Waals surface area (Å²) in [5, 5.41) is 4.48. The van der Waals surface area contributed by atoms with E-state index in [0.717, 1.165) is 22.9 Å². The molecule has 0 aliphatic rings. The molecule has 0 aliphatic carbocycles. The summed E-state index contributed by atoms with van der Waals surface area (Å²) in [6.45, 7) is 1.37. The molecule has 0 saturated carbocycles. The van der Waals surface area contributed by atoms with Crippen LogP contribution in [-0.2, 0) is 9.53 Å². The van der Waals surface area contributed by atoms with Crippen LogP contribution in [0.3, 0.4) is 0 Å². The second kappa shape index (κ2) is 7.31. The van der Waals surface area contributed by atoms with Gasteiger partial charge in [-0.15, -0.1) is 0 Å². The van der Waals surface area contributed by atoms with E-state index in [-0.39, 0.29) is 0 Å². The highest BCUT2D eigenvalue weighted by atomic mass is 19.1. The highest BCUT2D eigenvalue weighted by Gasteiger charge is 2.22. The smallest absolute Gasteiger partial charge is 0.341 e. The number of esters is 1. The highest BCUT2D eigenvalue weighted by Crippen LogP contribution is 2.23. The number of hydrogen-bond acceptors (Lipinski definition) is 3. The van der Waals surface area contributed by atoms with Crippen LogP contribution in [0.5, 0.6) is 0 Å². The van der Waals surface area contributed by atoms with Gasteiger partial charge in [0.15, 0.2) is 6.10 Å². The molecule has 1 unspecified atom stereocenters. The van der Waals surface area contributed by atoms with E-state index in [0.29, 0.717) is 11.8 Å². The summed E-state index contributed by atoms with van der Waals surface area (Å²) >= 11 is 0. The Hall–Kier alpha value is -3.28. The van der Waals surface area contributed by atoms with Crippen molar-refractivity contribution in [3.63, 3.8) is 0 Å². The summed E-state index contributed by atoms with van der Waals surface area (Å²) in [7, 11) is 0. The molecule has 1 amide bonds. The standard InChI is InChI=1S/C20H15F2NO3/c1-12(26-20(25)16-10-9-14(21)11-17(16)22)19(24)23-18-8-4-6-13-5-2-3-7-15(13)18/h2-12H,1H3,(H,23,24). The Kier molecular flexibility index (Phi) is 4.93. The lowest BCUT2D eigenvalue weighted by Gasteiger charge is -2.15. The summed E-state index contributed by atoms with van der Waals surface area (Å²) in [4.78, 5) is 24.3. The zero-order valence-electron chi connectivity index (χ0n) is 13.8. The number of rotatable bonds is 4. The molecule has 6 heteroatoms. The summed E-state index contributed by atoms with van der Waals surface area (Å²) in [6.07, 6.45) is -1.16. The van der Waals surface area contributed by atoms with Crippen LogP contribution in [0.4, 0.5) is 14.5 Å². The van der Waals surface area contributed by atoms with Gasteiger partial charge in [0.2, 0.25) is 0 Å². The van der Waals surface area contributed by atoms with E-state index in [1.54, 1.807) is 12.1 Å². The van der Waals surface area contributed by atoms with Crippen LogP contribution < -0.4 is 5.32 Å². The Morgan fingerprint density at radius 2 is 1.73 bits per heavy atom. The van der Waals surface area contributed by atoms with Crippen LogP contribution in [0.25, 0.3) is 10.8 Å². The van der Waals surface area contributed by atoms with Gasteiger partial charge in [0.25, 0.3) is 5.91 Å². The van der Waals surface area contributed by atoms with Gasteiger partial charge < -0.3 is 10.1 Å². The molecule has 4 nitrogen and oxygen atoms in total. The number of anilines is 1. The van der Waals surface area contributed by atoms with Gasteiger partial charge in [-0.25, -0.2) is 13.6 Å². The first kappa shape index (κ1) is 17.5. The predicted molar refractivity (Wildman–Crippen MR) is 93.8 cm³/mol. The molecule has 0 aromatic heterocycles. The molecule has 132 valence electrons. The quantitative estimate of drug-likeness (QED) is 0.710. The number of carbonyl (C=O) groups is 2.